The van der Waals surface area contributed by atoms with Crippen molar-refractivity contribution in [2.75, 3.05) is 0 Å². The largest absolute Gasteiger partial charge is 0.0750 e. The first-order valence-electron chi connectivity index (χ1n) is 6.37. The Morgan fingerprint density at radius 3 is 2.53 bits per heavy atom. The van der Waals surface area contributed by atoms with Crippen LogP contribution in [-0.2, 0) is 0 Å². The molecule has 1 spiro atoms. The third-order valence-electron chi connectivity index (χ3n) is 4.79. The van der Waals surface area contributed by atoms with Crippen LogP contribution in [0.1, 0.15) is 53.4 Å². The highest BCUT2D eigenvalue weighted by atomic mass is 14.6. The Labute approximate surface area is 93.5 Å². The van der Waals surface area contributed by atoms with Gasteiger partial charge in [0.15, 0.2) is 0 Å². The average Bonchev–Trinajstić information content (AvgIpc) is 2.76. The van der Waals surface area contributed by atoms with E-state index in [1.165, 1.54) is 25.7 Å². The summed E-state index contributed by atoms with van der Waals surface area (Å²) in [6, 6.07) is 0. The molecule has 0 heteroatoms. The van der Waals surface area contributed by atoms with Crippen LogP contribution < -0.4 is 0 Å². The Bertz CT molecular complexity index is 375. The van der Waals surface area contributed by atoms with Gasteiger partial charge in [-0.1, -0.05) is 32.4 Å². The van der Waals surface area contributed by atoms with E-state index in [0.29, 0.717) is 10.8 Å². The van der Waals surface area contributed by atoms with Gasteiger partial charge >= 0.3 is 0 Å². The second-order valence-electron chi connectivity index (χ2n) is 6.75. The zero-order valence-corrected chi connectivity index (χ0v) is 10.5. The average molecular weight is 202 g/mol. The van der Waals surface area contributed by atoms with E-state index in [0.717, 1.165) is 5.92 Å². The van der Waals surface area contributed by atoms with E-state index in [1.807, 2.05) is 0 Å². The quantitative estimate of drug-likeness (QED) is 0.543. The van der Waals surface area contributed by atoms with E-state index >= 15 is 0 Å². The summed E-state index contributed by atoms with van der Waals surface area (Å²) in [5.74, 6) is 0.905. The van der Waals surface area contributed by atoms with Crippen LogP contribution >= 0.6 is 0 Å². The van der Waals surface area contributed by atoms with Crippen LogP contribution in [0, 0.1) is 16.7 Å². The van der Waals surface area contributed by atoms with Gasteiger partial charge in [0.25, 0.3) is 0 Å². The predicted octanol–water partition coefficient (Wildman–Crippen LogP) is 4.48. The van der Waals surface area contributed by atoms with Crippen molar-refractivity contribution in [1.29, 1.82) is 0 Å². The Balaban J connectivity index is 2.11. The predicted molar refractivity (Wildman–Crippen MR) is 64.6 cm³/mol. The highest BCUT2D eigenvalue weighted by Gasteiger charge is 2.56. The lowest BCUT2D eigenvalue weighted by Crippen LogP contribution is -2.16. The molecule has 0 amide bonds. The molecule has 0 heterocycles. The van der Waals surface area contributed by atoms with Gasteiger partial charge in [-0.15, -0.1) is 0 Å². The van der Waals surface area contributed by atoms with Gasteiger partial charge in [0.05, 0.1) is 0 Å². The summed E-state index contributed by atoms with van der Waals surface area (Å²) in [7, 11) is 0. The summed E-state index contributed by atoms with van der Waals surface area (Å²) >= 11 is 0. The molecule has 0 saturated heterocycles. The normalized spacial score (nSPS) is 35.5. The third-order valence-corrected chi connectivity index (χ3v) is 4.79. The second kappa shape index (κ2) is 2.59. The molecule has 3 rings (SSSR count). The van der Waals surface area contributed by atoms with Crippen molar-refractivity contribution in [2.24, 2.45) is 16.7 Å². The van der Waals surface area contributed by atoms with Crippen LogP contribution in [0.5, 0.6) is 0 Å². The molecule has 3 aliphatic carbocycles. The molecule has 2 saturated carbocycles. The monoisotopic (exact) mass is 202 g/mol. The minimum absolute atomic E-state index is 0.406. The molecule has 0 aromatic rings. The minimum Gasteiger partial charge on any atom is -0.0750 e. The van der Waals surface area contributed by atoms with E-state index in [1.54, 1.807) is 16.7 Å². The maximum Gasteiger partial charge on any atom is -0.00155 e. The molecule has 1 atom stereocenters. The van der Waals surface area contributed by atoms with Crippen LogP contribution in [0.15, 0.2) is 22.8 Å². The van der Waals surface area contributed by atoms with Crippen molar-refractivity contribution in [2.45, 2.75) is 53.4 Å². The van der Waals surface area contributed by atoms with Gasteiger partial charge in [0.2, 0.25) is 0 Å². The van der Waals surface area contributed by atoms with Gasteiger partial charge in [-0.2, -0.15) is 0 Å². The molecule has 0 radical (unpaired) electrons. The second-order valence-corrected chi connectivity index (χ2v) is 6.75. The number of hydrogen-bond acceptors (Lipinski definition) is 0. The van der Waals surface area contributed by atoms with E-state index in [-0.39, 0.29) is 0 Å². The van der Waals surface area contributed by atoms with E-state index in [2.05, 4.69) is 33.8 Å². The van der Waals surface area contributed by atoms with Crippen molar-refractivity contribution >= 4 is 0 Å². The summed E-state index contributed by atoms with van der Waals surface area (Å²) < 4.78 is 0. The summed E-state index contributed by atoms with van der Waals surface area (Å²) in [6.45, 7) is 9.59. The number of rotatable bonds is 0. The van der Waals surface area contributed by atoms with E-state index < -0.39 is 0 Å². The molecule has 3 aliphatic rings. The lowest BCUT2D eigenvalue weighted by molar-refractivity contribution is 0.434. The molecule has 0 N–H and O–H groups in total. The van der Waals surface area contributed by atoms with Crippen molar-refractivity contribution in [1.82, 2.24) is 0 Å². The number of allylic oxidation sites excluding steroid dienone is 4. The summed E-state index contributed by atoms with van der Waals surface area (Å²) in [5.41, 5.74) is 6.23. The topological polar surface area (TPSA) is 0 Å². The number of fused-ring (bicyclic) bond motifs is 2. The first kappa shape index (κ1) is 9.69. The van der Waals surface area contributed by atoms with Gasteiger partial charge in [-0.25, -0.2) is 0 Å². The smallest absolute Gasteiger partial charge is 0.00155 e. The molecule has 0 aliphatic heterocycles. The molecule has 0 bridgehead atoms. The van der Waals surface area contributed by atoms with Crippen LogP contribution in [-0.4, -0.2) is 0 Å². The van der Waals surface area contributed by atoms with Gasteiger partial charge in [0, 0.05) is 0 Å². The number of hydrogen-bond donors (Lipinski definition) is 0. The molecule has 0 aromatic carbocycles. The fourth-order valence-corrected chi connectivity index (χ4v) is 4.20. The van der Waals surface area contributed by atoms with E-state index in [9.17, 15) is 0 Å². The van der Waals surface area contributed by atoms with Crippen molar-refractivity contribution in [3.8, 4) is 0 Å². The van der Waals surface area contributed by atoms with Crippen LogP contribution in [0.4, 0.5) is 0 Å². The standard InChI is InChI=1S/C15H22/c1-10-8-14(3,4)9-12-7-11(2)15(5-6-15)13(10)12/h9,11H,5-8H2,1-4H3. The highest BCUT2D eigenvalue weighted by Crippen LogP contribution is 2.68. The maximum absolute atomic E-state index is 2.57. The SMILES string of the molecule is CC1=C2C(=CC(C)(C)C1)CC(C)C21CC1. The lowest BCUT2D eigenvalue weighted by atomic mass is 9.75. The molecule has 15 heavy (non-hydrogen) atoms. The first-order valence-corrected chi connectivity index (χ1v) is 6.37. The summed E-state index contributed by atoms with van der Waals surface area (Å²) in [6.07, 6.45) is 8.10. The fourth-order valence-electron chi connectivity index (χ4n) is 4.20. The third kappa shape index (κ3) is 1.20. The van der Waals surface area contributed by atoms with Crippen molar-refractivity contribution in [3.63, 3.8) is 0 Å². The first-order chi connectivity index (χ1) is 6.95. The molecule has 0 aromatic heterocycles. The Morgan fingerprint density at radius 1 is 1.27 bits per heavy atom. The molecule has 0 nitrogen and oxygen atoms in total. The Morgan fingerprint density at radius 2 is 1.93 bits per heavy atom. The molecule has 2 fully saturated rings. The van der Waals surface area contributed by atoms with Gasteiger partial charge < -0.3 is 0 Å². The minimum atomic E-state index is 0.406. The van der Waals surface area contributed by atoms with Crippen molar-refractivity contribution < 1.29 is 0 Å². The van der Waals surface area contributed by atoms with E-state index in [4.69, 9.17) is 0 Å². The Hall–Kier alpha value is -0.520. The fraction of sp³-hybridized carbons (Fsp3) is 0.733. The van der Waals surface area contributed by atoms with Crippen LogP contribution in [0.2, 0.25) is 0 Å². The molecule has 1 unspecified atom stereocenters. The van der Waals surface area contributed by atoms with Gasteiger partial charge in [-0.3, -0.25) is 0 Å². The molecular formula is C15H22. The maximum atomic E-state index is 2.57. The molecule has 82 valence electrons. The van der Waals surface area contributed by atoms with Gasteiger partial charge in [-0.05, 0) is 60.5 Å². The summed E-state index contributed by atoms with van der Waals surface area (Å²) in [5, 5.41) is 0. The van der Waals surface area contributed by atoms with Crippen molar-refractivity contribution in [3.05, 3.63) is 22.8 Å². The highest BCUT2D eigenvalue weighted by molar-refractivity contribution is 5.52. The Kier molecular flexibility index (Phi) is 1.67. The summed E-state index contributed by atoms with van der Waals surface area (Å²) in [4.78, 5) is 0. The molecular weight excluding hydrogens is 180 g/mol. The zero-order chi connectivity index (χ0) is 10.8. The van der Waals surface area contributed by atoms with Crippen LogP contribution in [0.25, 0.3) is 0 Å². The zero-order valence-electron chi connectivity index (χ0n) is 10.5. The lowest BCUT2D eigenvalue weighted by Gasteiger charge is -2.30. The van der Waals surface area contributed by atoms with Gasteiger partial charge in [0.1, 0.15) is 0 Å². The van der Waals surface area contributed by atoms with Crippen LogP contribution in [0.3, 0.4) is 0 Å².